The van der Waals surface area contributed by atoms with Gasteiger partial charge < -0.3 is 10.2 Å². The number of sulfone groups is 1. The summed E-state index contributed by atoms with van der Waals surface area (Å²) in [5, 5.41) is 3.36. The molecule has 1 aromatic rings. The lowest BCUT2D eigenvalue weighted by atomic mass is 10.2. The molecule has 6 heteroatoms. The SMILES string of the molecule is CCCNCc1cnc(N2CCS(=O)(=O)CC2)c(C)c1. The van der Waals surface area contributed by atoms with Gasteiger partial charge in [0.2, 0.25) is 0 Å². The molecule has 0 amide bonds. The Morgan fingerprint density at radius 2 is 2.05 bits per heavy atom. The molecule has 112 valence electrons. The molecule has 1 aliphatic heterocycles. The molecule has 0 unspecified atom stereocenters. The molecule has 1 N–H and O–H groups in total. The topological polar surface area (TPSA) is 62.3 Å². The summed E-state index contributed by atoms with van der Waals surface area (Å²) in [6.07, 6.45) is 3.00. The molecule has 5 nitrogen and oxygen atoms in total. The van der Waals surface area contributed by atoms with Crippen molar-refractivity contribution in [2.45, 2.75) is 26.8 Å². The van der Waals surface area contributed by atoms with E-state index in [0.29, 0.717) is 13.1 Å². The Kier molecular flexibility index (Phi) is 4.99. The summed E-state index contributed by atoms with van der Waals surface area (Å²) < 4.78 is 22.9. The Hall–Kier alpha value is -1.14. The van der Waals surface area contributed by atoms with Gasteiger partial charge >= 0.3 is 0 Å². The lowest BCUT2D eigenvalue weighted by Gasteiger charge is -2.29. The minimum Gasteiger partial charge on any atom is -0.354 e. The number of rotatable bonds is 5. The van der Waals surface area contributed by atoms with Gasteiger partial charge in [0, 0.05) is 25.8 Å². The third kappa shape index (κ3) is 3.93. The van der Waals surface area contributed by atoms with Crippen LogP contribution in [0.3, 0.4) is 0 Å². The Balaban J connectivity index is 2.03. The highest BCUT2D eigenvalue weighted by molar-refractivity contribution is 7.91. The van der Waals surface area contributed by atoms with Crippen LogP contribution in [-0.2, 0) is 16.4 Å². The number of nitrogens with one attached hydrogen (secondary N) is 1. The summed E-state index contributed by atoms with van der Waals surface area (Å²) in [5.74, 6) is 1.38. The molecule has 0 aliphatic carbocycles. The fraction of sp³-hybridized carbons (Fsp3) is 0.643. The number of aromatic nitrogens is 1. The van der Waals surface area contributed by atoms with Crippen LogP contribution in [0.25, 0.3) is 0 Å². The smallest absolute Gasteiger partial charge is 0.153 e. The van der Waals surface area contributed by atoms with Gasteiger partial charge in [-0.3, -0.25) is 0 Å². The molecule has 0 radical (unpaired) electrons. The zero-order valence-electron chi connectivity index (χ0n) is 12.2. The van der Waals surface area contributed by atoms with E-state index in [2.05, 4.69) is 28.2 Å². The van der Waals surface area contributed by atoms with Crippen LogP contribution in [0.15, 0.2) is 12.3 Å². The molecule has 20 heavy (non-hydrogen) atoms. The molecule has 2 rings (SSSR count). The van der Waals surface area contributed by atoms with Gasteiger partial charge in [-0.05, 0) is 37.1 Å². The summed E-state index contributed by atoms with van der Waals surface area (Å²) in [6, 6.07) is 2.13. The monoisotopic (exact) mass is 297 g/mol. The lowest BCUT2D eigenvalue weighted by Crippen LogP contribution is -2.41. The average molecular weight is 297 g/mol. The number of anilines is 1. The summed E-state index contributed by atoms with van der Waals surface area (Å²) >= 11 is 0. The predicted octanol–water partition coefficient (Wildman–Crippen LogP) is 1.12. The standard InChI is InChI=1S/C14H23N3O2S/c1-3-4-15-10-13-9-12(2)14(16-11-13)17-5-7-20(18,19)8-6-17/h9,11,15H,3-8,10H2,1-2H3. The van der Waals surface area contributed by atoms with E-state index in [-0.39, 0.29) is 11.5 Å². The van der Waals surface area contributed by atoms with Gasteiger partial charge in [0.25, 0.3) is 0 Å². The van der Waals surface area contributed by atoms with Crippen molar-refractivity contribution in [3.63, 3.8) is 0 Å². The Morgan fingerprint density at radius 3 is 2.65 bits per heavy atom. The van der Waals surface area contributed by atoms with Gasteiger partial charge in [-0.15, -0.1) is 0 Å². The summed E-state index contributed by atoms with van der Waals surface area (Å²) in [5.41, 5.74) is 2.28. The van der Waals surface area contributed by atoms with Crippen molar-refractivity contribution < 1.29 is 8.42 Å². The van der Waals surface area contributed by atoms with Crippen molar-refractivity contribution in [3.8, 4) is 0 Å². The molecular formula is C14H23N3O2S. The number of hydrogen-bond donors (Lipinski definition) is 1. The number of aryl methyl sites for hydroxylation is 1. The third-order valence-corrected chi connectivity index (χ3v) is 5.12. The quantitative estimate of drug-likeness (QED) is 0.825. The number of hydrogen-bond acceptors (Lipinski definition) is 5. The van der Waals surface area contributed by atoms with Crippen molar-refractivity contribution in [2.24, 2.45) is 0 Å². The summed E-state index contributed by atoms with van der Waals surface area (Å²) in [7, 11) is -2.84. The molecule has 0 atom stereocenters. The Morgan fingerprint density at radius 1 is 1.35 bits per heavy atom. The van der Waals surface area contributed by atoms with Crippen LogP contribution in [0, 0.1) is 6.92 Å². The maximum Gasteiger partial charge on any atom is 0.153 e. The van der Waals surface area contributed by atoms with E-state index in [4.69, 9.17) is 0 Å². The van der Waals surface area contributed by atoms with Crippen molar-refractivity contribution in [1.82, 2.24) is 10.3 Å². The highest BCUT2D eigenvalue weighted by Crippen LogP contribution is 2.20. The molecule has 2 heterocycles. The van der Waals surface area contributed by atoms with Crippen LogP contribution in [-0.4, -0.2) is 44.5 Å². The van der Waals surface area contributed by atoms with Crippen molar-refractivity contribution in [2.75, 3.05) is 36.0 Å². The normalized spacial score (nSPS) is 18.2. The molecular weight excluding hydrogens is 274 g/mol. The van der Waals surface area contributed by atoms with Crippen LogP contribution in [0.5, 0.6) is 0 Å². The molecule has 1 aliphatic rings. The maximum absolute atomic E-state index is 11.5. The molecule has 1 fully saturated rings. The third-order valence-electron chi connectivity index (χ3n) is 3.51. The van der Waals surface area contributed by atoms with Gasteiger partial charge in [0.05, 0.1) is 11.5 Å². The van der Waals surface area contributed by atoms with Gasteiger partial charge in [-0.1, -0.05) is 6.92 Å². The molecule has 0 saturated carbocycles. The molecule has 1 saturated heterocycles. The van der Waals surface area contributed by atoms with E-state index >= 15 is 0 Å². The van der Waals surface area contributed by atoms with Crippen LogP contribution in [0.4, 0.5) is 5.82 Å². The molecule has 0 bridgehead atoms. The first-order valence-electron chi connectivity index (χ1n) is 7.13. The minimum atomic E-state index is -2.84. The molecule has 0 spiro atoms. The maximum atomic E-state index is 11.5. The fourth-order valence-corrected chi connectivity index (χ4v) is 3.59. The Labute approximate surface area is 121 Å². The number of nitrogens with zero attached hydrogens (tertiary/aromatic N) is 2. The second-order valence-electron chi connectivity index (χ2n) is 5.30. The van der Waals surface area contributed by atoms with Crippen LogP contribution in [0.2, 0.25) is 0 Å². The largest absolute Gasteiger partial charge is 0.354 e. The highest BCUT2D eigenvalue weighted by Gasteiger charge is 2.23. The van der Waals surface area contributed by atoms with E-state index in [9.17, 15) is 8.42 Å². The van der Waals surface area contributed by atoms with Crippen LogP contribution >= 0.6 is 0 Å². The van der Waals surface area contributed by atoms with Crippen molar-refractivity contribution in [1.29, 1.82) is 0 Å². The molecule has 0 aromatic carbocycles. The first kappa shape index (κ1) is 15.3. The van der Waals surface area contributed by atoms with E-state index in [1.165, 1.54) is 5.56 Å². The minimum absolute atomic E-state index is 0.230. The van der Waals surface area contributed by atoms with E-state index in [0.717, 1.165) is 30.9 Å². The van der Waals surface area contributed by atoms with Crippen LogP contribution < -0.4 is 10.2 Å². The fourth-order valence-electron chi connectivity index (χ4n) is 2.39. The zero-order chi connectivity index (χ0) is 14.6. The number of pyridine rings is 1. The lowest BCUT2D eigenvalue weighted by molar-refractivity contribution is 0.586. The second-order valence-corrected chi connectivity index (χ2v) is 7.60. The highest BCUT2D eigenvalue weighted by atomic mass is 32.2. The van der Waals surface area contributed by atoms with Crippen molar-refractivity contribution in [3.05, 3.63) is 23.4 Å². The van der Waals surface area contributed by atoms with Crippen molar-refractivity contribution >= 4 is 15.7 Å². The summed E-state index contributed by atoms with van der Waals surface area (Å²) in [6.45, 7) is 7.10. The second kappa shape index (κ2) is 6.54. The zero-order valence-corrected chi connectivity index (χ0v) is 13.0. The molecule has 1 aromatic heterocycles. The predicted molar refractivity (Wildman–Crippen MR) is 81.8 cm³/mol. The van der Waals surface area contributed by atoms with Crippen LogP contribution in [0.1, 0.15) is 24.5 Å². The van der Waals surface area contributed by atoms with Gasteiger partial charge in [0.15, 0.2) is 9.84 Å². The average Bonchev–Trinajstić information content (AvgIpc) is 2.40. The van der Waals surface area contributed by atoms with E-state index in [1.807, 2.05) is 13.1 Å². The Bertz CT molecular complexity index is 544. The van der Waals surface area contributed by atoms with E-state index < -0.39 is 9.84 Å². The van der Waals surface area contributed by atoms with E-state index in [1.54, 1.807) is 0 Å². The summed E-state index contributed by atoms with van der Waals surface area (Å²) in [4.78, 5) is 6.59. The first-order chi connectivity index (χ1) is 9.52. The van der Waals surface area contributed by atoms with Gasteiger partial charge in [-0.25, -0.2) is 13.4 Å². The first-order valence-corrected chi connectivity index (χ1v) is 8.95. The van der Waals surface area contributed by atoms with Gasteiger partial charge in [0.1, 0.15) is 5.82 Å². The van der Waals surface area contributed by atoms with Gasteiger partial charge in [-0.2, -0.15) is 0 Å².